The van der Waals surface area contributed by atoms with Crippen LogP contribution < -0.4 is 0 Å². The predicted molar refractivity (Wildman–Crippen MR) is 68.0 cm³/mol. The van der Waals surface area contributed by atoms with E-state index in [1.54, 1.807) is 11.4 Å². The molecule has 0 amide bonds. The molecule has 0 unspecified atom stereocenters. The van der Waals surface area contributed by atoms with Crippen LogP contribution in [-0.4, -0.2) is 4.98 Å². The fourth-order valence-corrected chi connectivity index (χ4v) is 2.72. The molecular weight excluding hydrogens is 383 g/mol. The smallest absolute Gasteiger partial charge is 0.229 e. The molecule has 1 aromatic heterocycles. The molecule has 2 rings (SSSR count). The Morgan fingerprint density at radius 3 is 2.41 bits per heavy atom. The van der Waals surface area contributed by atoms with Crippen LogP contribution in [0.3, 0.4) is 0 Å². The van der Waals surface area contributed by atoms with Gasteiger partial charge in [0.15, 0.2) is 3.92 Å². The first-order valence-corrected chi connectivity index (χ1v) is 6.82. The standard InChI is InChI=1S/C10H4Br2F3NS/c11-5-1-2-6(7(3-5)10(13,14)15)8-4-17-9(12)16-8/h1-4H. The highest BCUT2D eigenvalue weighted by molar-refractivity contribution is 9.11. The lowest BCUT2D eigenvalue weighted by Crippen LogP contribution is -2.07. The summed E-state index contributed by atoms with van der Waals surface area (Å²) in [6, 6.07) is 4.04. The fraction of sp³-hybridized carbons (Fsp3) is 0.100. The summed E-state index contributed by atoms with van der Waals surface area (Å²) in [5.74, 6) is 0. The molecule has 0 aliphatic rings. The number of halogens is 5. The Labute approximate surface area is 116 Å². The molecule has 0 spiro atoms. The molecule has 7 heteroatoms. The van der Waals surface area contributed by atoms with E-state index in [9.17, 15) is 13.2 Å². The number of benzene rings is 1. The van der Waals surface area contributed by atoms with Crippen LogP contribution in [0.2, 0.25) is 0 Å². The lowest BCUT2D eigenvalue weighted by Gasteiger charge is -2.11. The van der Waals surface area contributed by atoms with E-state index in [0.29, 0.717) is 14.1 Å². The summed E-state index contributed by atoms with van der Waals surface area (Å²) in [7, 11) is 0. The van der Waals surface area contributed by atoms with Crippen LogP contribution in [0.4, 0.5) is 13.2 Å². The Kier molecular flexibility index (Phi) is 3.61. The summed E-state index contributed by atoms with van der Waals surface area (Å²) in [4.78, 5) is 4.00. The van der Waals surface area contributed by atoms with Crippen molar-refractivity contribution in [3.05, 3.63) is 37.5 Å². The number of hydrogen-bond donors (Lipinski definition) is 0. The minimum Gasteiger partial charge on any atom is -0.229 e. The van der Waals surface area contributed by atoms with Crippen LogP contribution in [0.1, 0.15) is 5.56 Å². The van der Waals surface area contributed by atoms with Crippen molar-refractivity contribution >= 4 is 43.2 Å². The zero-order valence-corrected chi connectivity index (χ0v) is 12.0. The third-order valence-electron chi connectivity index (χ3n) is 2.04. The third-order valence-corrected chi connectivity index (χ3v) is 3.90. The van der Waals surface area contributed by atoms with E-state index >= 15 is 0 Å². The highest BCUT2D eigenvalue weighted by atomic mass is 79.9. The summed E-state index contributed by atoms with van der Waals surface area (Å²) in [5.41, 5.74) is -0.283. The van der Waals surface area contributed by atoms with E-state index in [-0.39, 0.29) is 5.56 Å². The van der Waals surface area contributed by atoms with Gasteiger partial charge in [-0.05, 0) is 28.1 Å². The Morgan fingerprint density at radius 2 is 1.88 bits per heavy atom. The molecule has 90 valence electrons. The van der Waals surface area contributed by atoms with Gasteiger partial charge in [-0.3, -0.25) is 0 Å². The maximum Gasteiger partial charge on any atom is 0.417 e. The second kappa shape index (κ2) is 4.70. The van der Waals surface area contributed by atoms with Crippen LogP contribution in [-0.2, 0) is 6.18 Å². The van der Waals surface area contributed by atoms with Crippen molar-refractivity contribution < 1.29 is 13.2 Å². The number of nitrogens with zero attached hydrogens (tertiary/aromatic N) is 1. The third kappa shape index (κ3) is 2.89. The van der Waals surface area contributed by atoms with Gasteiger partial charge in [-0.25, -0.2) is 4.98 Å². The van der Waals surface area contributed by atoms with Gasteiger partial charge < -0.3 is 0 Å². The Bertz CT molecular complexity index is 551. The molecule has 0 atom stereocenters. The molecule has 0 saturated heterocycles. The number of hydrogen-bond acceptors (Lipinski definition) is 2. The summed E-state index contributed by atoms with van der Waals surface area (Å²) >= 11 is 7.42. The van der Waals surface area contributed by atoms with Crippen LogP contribution in [0, 0.1) is 0 Å². The van der Waals surface area contributed by atoms with Crippen molar-refractivity contribution in [1.29, 1.82) is 0 Å². The van der Waals surface area contributed by atoms with Gasteiger partial charge >= 0.3 is 6.18 Å². The Morgan fingerprint density at radius 1 is 1.18 bits per heavy atom. The van der Waals surface area contributed by atoms with Crippen molar-refractivity contribution in [2.75, 3.05) is 0 Å². The fourth-order valence-electron chi connectivity index (χ4n) is 1.35. The van der Waals surface area contributed by atoms with Gasteiger partial charge in [0.25, 0.3) is 0 Å². The number of rotatable bonds is 1. The normalized spacial score (nSPS) is 11.8. The van der Waals surface area contributed by atoms with Crippen LogP contribution in [0.25, 0.3) is 11.3 Å². The summed E-state index contributed by atoms with van der Waals surface area (Å²) in [6.45, 7) is 0. The van der Waals surface area contributed by atoms with Gasteiger partial charge in [0.05, 0.1) is 11.3 Å². The Balaban J connectivity index is 2.61. The minimum atomic E-state index is -4.39. The van der Waals surface area contributed by atoms with Crippen molar-refractivity contribution in [2.45, 2.75) is 6.18 Å². The van der Waals surface area contributed by atoms with Crippen molar-refractivity contribution in [3.63, 3.8) is 0 Å². The van der Waals surface area contributed by atoms with Gasteiger partial charge in [0, 0.05) is 15.4 Å². The molecule has 17 heavy (non-hydrogen) atoms. The van der Waals surface area contributed by atoms with E-state index in [1.165, 1.54) is 17.4 Å². The molecule has 0 radical (unpaired) electrons. The molecule has 2 aromatic rings. The maximum absolute atomic E-state index is 12.9. The van der Waals surface area contributed by atoms with Gasteiger partial charge in [0.2, 0.25) is 0 Å². The average Bonchev–Trinajstić information content (AvgIpc) is 2.63. The van der Waals surface area contributed by atoms with Gasteiger partial charge in [-0.15, -0.1) is 11.3 Å². The predicted octanol–water partition coefficient (Wildman–Crippen LogP) is 5.35. The van der Waals surface area contributed by atoms with Gasteiger partial charge in [0.1, 0.15) is 0 Å². The Hall–Kier alpha value is -0.400. The van der Waals surface area contributed by atoms with Gasteiger partial charge in [-0.2, -0.15) is 13.2 Å². The van der Waals surface area contributed by atoms with Gasteiger partial charge in [-0.1, -0.05) is 22.0 Å². The number of alkyl halides is 3. The molecule has 0 saturated carbocycles. The zero-order valence-electron chi connectivity index (χ0n) is 8.05. The van der Waals surface area contributed by atoms with E-state index in [2.05, 4.69) is 36.8 Å². The molecule has 0 fully saturated rings. The van der Waals surface area contributed by atoms with E-state index in [1.807, 2.05) is 0 Å². The lowest BCUT2D eigenvalue weighted by atomic mass is 10.1. The van der Waals surface area contributed by atoms with Crippen molar-refractivity contribution in [2.24, 2.45) is 0 Å². The number of thiazole rings is 1. The monoisotopic (exact) mass is 385 g/mol. The quantitative estimate of drug-likeness (QED) is 0.643. The molecule has 0 bridgehead atoms. The molecule has 0 N–H and O–H groups in total. The first-order chi connectivity index (χ1) is 7.88. The second-order valence-electron chi connectivity index (χ2n) is 3.17. The van der Waals surface area contributed by atoms with Crippen LogP contribution >= 0.6 is 43.2 Å². The molecule has 1 heterocycles. The zero-order chi connectivity index (χ0) is 12.6. The lowest BCUT2D eigenvalue weighted by molar-refractivity contribution is -0.137. The highest BCUT2D eigenvalue weighted by Gasteiger charge is 2.34. The topological polar surface area (TPSA) is 12.9 Å². The second-order valence-corrected chi connectivity index (χ2v) is 6.22. The molecular formula is C10H4Br2F3NS. The summed E-state index contributed by atoms with van der Waals surface area (Å²) in [5, 5.41) is 1.59. The van der Waals surface area contributed by atoms with Crippen LogP contribution in [0.5, 0.6) is 0 Å². The summed E-state index contributed by atoms with van der Waals surface area (Å²) < 4.78 is 39.5. The van der Waals surface area contributed by atoms with E-state index < -0.39 is 11.7 Å². The molecule has 1 nitrogen and oxygen atoms in total. The van der Waals surface area contributed by atoms with Crippen LogP contribution in [0.15, 0.2) is 32.0 Å². The minimum absolute atomic E-state index is 0.0858. The maximum atomic E-state index is 12.9. The van der Waals surface area contributed by atoms with E-state index in [4.69, 9.17) is 0 Å². The van der Waals surface area contributed by atoms with E-state index in [0.717, 1.165) is 6.07 Å². The average molecular weight is 387 g/mol. The molecule has 0 aliphatic carbocycles. The first-order valence-electron chi connectivity index (χ1n) is 4.36. The molecule has 1 aromatic carbocycles. The van der Waals surface area contributed by atoms with Crippen molar-refractivity contribution in [1.82, 2.24) is 4.98 Å². The SMILES string of the molecule is FC(F)(F)c1cc(Br)ccc1-c1csc(Br)n1. The summed E-state index contributed by atoms with van der Waals surface area (Å²) in [6.07, 6.45) is -4.39. The number of aromatic nitrogens is 1. The van der Waals surface area contributed by atoms with Crippen molar-refractivity contribution in [3.8, 4) is 11.3 Å². The first kappa shape index (κ1) is 13.0. The molecule has 0 aliphatic heterocycles. The highest BCUT2D eigenvalue weighted by Crippen LogP contribution is 2.39. The largest absolute Gasteiger partial charge is 0.417 e.